The SMILES string of the molecule is Nc1ccc(NC(=O)NCCc2ccsc2)cc1. The topological polar surface area (TPSA) is 67.1 Å². The van der Waals surface area contributed by atoms with Crippen molar-refractivity contribution in [3.8, 4) is 0 Å². The molecule has 5 heteroatoms. The van der Waals surface area contributed by atoms with E-state index in [1.165, 1.54) is 5.56 Å². The number of amides is 2. The van der Waals surface area contributed by atoms with E-state index in [4.69, 9.17) is 5.73 Å². The number of rotatable bonds is 4. The number of anilines is 2. The first-order chi connectivity index (χ1) is 8.74. The van der Waals surface area contributed by atoms with E-state index in [2.05, 4.69) is 22.1 Å². The summed E-state index contributed by atoms with van der Waals surface area (Å²) < 4.78 is 0. The van der Waals surface area contributed by atoms with Gasteiger partial charge in [0.1, 0.15) is 0 Å². The van der Waals surface area contributed by atoms with Crippen LogP contribution in [0, 0.1) is 0 Å². The minimum atomic E-state index is -0.199. The average molecular weight is 261 g/mol. The predicted octanol–water partition coefficient (Wildman–Crippen LogP) is 2.69. The van der Waals surface area contributed by atoms with Gasteiger partial charge < -0.3 is 16.4 Å². The Bertz CT molecular complexity index is 493. The van der Waals surface area contributed by atoms with Crippen molar-refractivity contribution in [2.24, 2.45) is 0 Å². The van der Waals surface area contributed by atoms with Crippen LogP contribution in [0.25, 0.3) is 0 Å². The molecule has 18 heavy (non-hydrogen) atoms. The molecule has 2 amide bonds. The molecule has 2 rings (SSSR count). The second-order valence-electron chi connectivity index (χ2n) is 3.88. The minimum Gasteiger partial charge on any atom is -0.399 e. The second kappa shape index (κ2) is 6.07. The molecule has 0 saturated heterocycles. The summed E-state index contributed by atoms with van der Waals surface area (Å²) in [6, 6.07) is 8.91. The summed E-state index contributed by atoms with van der Waals surface area (Å²) in [5.41, 5.74) is 8.22. The van der Waals surface area contributed by atoms with Crippen molar-refractivity contribution < 1.29 is 4.79 Å². The van der Waals surface area contributed by atoms with Crippen LogP contribution < -0.4 is 16.4 Å². The first kappa shape index (κ1) is 12.4. The third-order valence-electron chi connectivity index (χ3n) is 2.45. The molecule has 0 fully saturated rings. The average Bonchev–Trinajstić information content (AvgIpc) is 2.85. The van der Waals surface area contributed by atoms with Crippen LogP contribution in [0.15, 0.2) is 41.1 Å². The number of carbonyl (C=O) groups excluding carboxylic acids is 1. The van der Waals surface area contributed by atoms with Crippen molar-refractivity contribution in [3.63, 3.8) is 0 Å². The number of hydrogen-bond acceptors (Lipinski definition) is 3. The standard InChI is InChI=1S/C13H15N3OS/c14-11-1-3-12(4-2-11)16-13(17)15-7-5-10-6-8-18-9-10/h1-4,6,8-9H,5,7,14H2,(H2,15,16,17). The van der Waals surface area contributed by atoms with Crippen molar-refractivity contribution in [2.45, 2.75) is 6.42 Å². The highest BCUT2D eigenvalue weighted by Gasteiger charge is 2.01. The highest BCUT2D eigenvalue weighted by Crippen LogP contribution is 2.10. The maximum absolute atomic E-state index is 11.6. The molecule has 94 valence electrons. The molecule has 0 aliphatic heterocycles. The van der Waals surface area contributed by atoms with E-state index in [-0.39, 0.29) is 6.03 Å². The van der Waals surface area contributed by atoms with Gasteiger partial charge in [0.2, 0.25) is 0 Å². The molecule has 1 heterocycles. The van der Waals surface area contributed by atoms with Crippen molar-refractivity contribution in [3.05, 3.63) is 46.7 Å². The Hall–Kier alpha value is -2.01. The first-order valence-corrected chi connectivity index (χ1v) is 6.60. The summed E-state index contributed by atoms with van der Waals surface area (Å²) in [5.74, 6) is 0. The zero-order valence-electron chi connectivity index (χ0n) is 9.85. The lowest BCUT2D eigenvalue weighted by molar-refractivity contribution is 0.252. The summed E-state index contributed by atoms with van der Waals surface area (Å²) in [7, 11) is 0. The van der Waals surface area contributed by atoms with Gasteiger partial charge in [-0.2, -0.15) is 11.3 Å². The molecule has 4 N–H and O–H groups in total. The Balaban J connectivity index is 1.73. The largest absolute Gasteiger partial charge is 0.399 e. The third kappa shape index (κ3) is 3.78. The lowest BCUT2D eigenvalue weighted by atomic mass is 10.2. The molecule has 0 aliphatic rings. The number of hydrogen-bond donors (Lipinski definition) is 3. The molecule has 4 nitrogen and oxygen atoms in total. The Morgan fingerprint density at radius 1 is 1.22 bits per heavy atom. The molecule has 0 aliphatic carbocycles. The Kier molecular flexibility index (Phi) is 4.20. The highest BCUT2D eigenvalue weighted by molar-refractivity contribution is 7.07. The molecule has 0 bridgehead atoms. The summed E-state index contributed by atoms with van der Waals surface area (Å²) in [6.45, 7) is 0.623. The van der Waals surface area contributed by atoms with Crippen LogP contribution in [0.5, 0.6) is 0 Å². The van der Waals surface area contributed by atoms with Crippen LogP contribution in [0.4, 0.5) is 16.2 Å². The van der Waals surface area contributed by atoms with E-state index in [0.29, 0.717) is 12.2 Å². The van der Waals surface area contributed by atoms with Gasteiger partial charge in [-0.1, -0.05) is 0 Å². The predicted molar refractivity (Wildman–Crippen MR) is 75.9 cm³/mol. The minimum absolute atomic E-state index is 0.199. The molecule has 1 aromatic heterocycles. The highest BCUT2D eigenvalue weighted by atomic mass is 32.1. The van der Waals surface area contributed by atoms with E-state index in [0.717, 1.165) is 12.1 Å². The second-order valence-corrected chi connectivity index (χ2v) is 4.66. The molecular weight excluding hydrogens is 246 g/mol. The van der Waals surface area contributed by atoms with Crippen molar-refractivity contribution in [2.75, 3.05) is 17.6 Å². The zero-order valence-corrected chi connectivity index (χ0v) is 10.7. The maximum Gasteiger partial charge on any atom is 0.319 e. The van der Waals surface area contributed by atoms with E-state index in [9.17, 15) is 4.79 Å². The van der Waals surface area contributed by atoms with Gasteiger partial charge in [0.05, 0.1) is 0 Å². The summed E-state index contributed by atoms with van der Waals surface area (Å²) >= 11 is 1.66. The lowest BCUT2D eigenvalue weighted by Crippen LogP contribution is -2.30. The quantitative estimate of drug-likeness (QED) is 0.741. The van der Waals surface area contributed by atoms with Crippen molar-refractivity contribution >= 4 is 28.7 Å². The van der Waals surface area contributed by atoms with Gasteiger partial charge in [0, 0.05) is 17.9 Å². The van der Waals surface area contributed by atoms with Gasteiger partial charge in [-0.15, -0.1) is 0 Å². The third-order valence-corrected chi connectivity index (χ3v) is 3.18. The molecule has 0 radical (unpaired) electrons. The number of thiophene rings is 1. The smallest absolute Gasteiger partial charge is 0.319 e. The molecule has 0 spiro atoms. The lowest BCUT2D eigenvalue weighted by Gasteiger charge is -2.07. The van der Waals surface area contributed by atoms with Crippen molar-refractivity contribution in [1.29, 1.82) is 0 Å². The van der Waals surface area contributed by atoms with Crippen LogP contribution in [-0.4, -0.2) is 12.6 Å². The fraction of sp³-hybridized carbons (Fsp3) is 0.154. The Morgan fingerprint density at radius 2 is 2.00 bits per heavy atom. The number of nitrogens with two attached hydrogens (primary N) is 1. The monoisotopic (exact) mass is 261 g/mol. The number of nitrogen functional groups attached to an aromatic ring is 1. The zero-order chi connectivity index (χ0) is 12.8. The molecule has 2 aromatic rings. The molecular formula is C13H15N3OS. The molecule has 0 unspecified atom stereocenters. The van der Waals surface area contributed by atoms with Gasteiger partial charge in [-0.25, -0.2) is 4.79 Å². The van der Waals surface area contributed by atoms with E-state index >= 15 is 0 Å². The molecule has 0 atom stereocenters. The van der Waals surface area contributed by atoms with E-state index < -0.39 is 0 Å². The van der Waals surface area contributed by atoms with Gasteiger partial charge in [0.25, 0.3) is 0 Å². The van der Waals surface area contributed by atoms with Crippen LogP contribution in [0.3, 0.4) is 0 Å². The summed E-state index contributed by atoms with van der Waals surface area (Å²) in [4.78, 5) is 11.6. The van der Waals surface area contributed by atoms with Gasteiger partial charge >= 0.3 is 6.03 Å². The van der Waals surface area contributed by atoms with Crippen molar-refractivity contribution in [1.82, 2.24) is 5.32 Å². The van der Waals surface area contributed by atoms with Crippen LogP contribution in [0.1, 0.15) is 5.56 Å². The molecule has 0 saturated carbocycles. The fourth-order valence-electron chi connectivity index (χ4n) is 1.50. The number of nitrogens with one attached hydrogen (secondary N) is 2. The summed E-state index contributed by atoms with van der Waals surface area (Å²) in [5, 5.41) is 9.67. The van der Waals surface area contributed by atoms with Gasteiger partial charge in [-0.05, 0) is 53.1 Å². The van der Waals surface area contributed by atoms with Crippen LogP contribution in [-0.2, 0) is 6.42 Å². The van der Waals surface area contributed by atoms with Crippen LogP contribution in [0.2, 0.25) is 0 Å². The van der Waals surface area contributed by atoms with E-state index in [1.807, 2.05) is 5.38 Å². The number of urea groups is 1. The number of carbonyl (C=O) groups is 1. The maximum atomic E-state index is 11.6. The Labute approximate surface area is 110 Å². The molecule has 1 aromatic carbocycles. The Morgan fingerprint density at radius 3 is 2.67 bits per heavy atom. The van der Waals surface area contributed by atoms with Crippen LogP contribution >= 0.6 is 11.3 Å². The van der Waals surface area contributed by atoms with E-state index in [1.54, 1.807) is 35.6 Å². The number of benzene rings is 1. The fourth-order valence-corrected chi connectivity index (χ4v) is 2.20. The van der Waals surface area contributed by atoms with Gasteiger partial charge in [-0.3, -0.25) is 0 Å². The first-order valence-electron chi connectivity index (χ1n) is 5.65. The normalized spacial score (nSPS) is 10.0. The van der Waals surface area contributed by atoms with Gasteiger partial charge in [0.15, 0.2) is 0 Å². The summed E-state index contributed by atoms with van der Waals surface area (Å²) in [6.07, 6.45) is 0.846.